The SMILES string of the molecule is COc1cc(OC)c(OC)cc1NCCCC#N. The number of benzene rings is 1. The maximum atomic E-state index is 8.48. The predicted octanol–water partition coefficient (Wildman–Crippen LogP) is 2.43. The van der Waals surface area contributed by atoms with Crippen LogP contribution in [0.4, 0.5) is 5.69 Å². The molecule has 0 saturated carbocycles. The van der Waals surface area contributed by atoms with Gasteiger partial charge in [0, 0.05) is 25.1 Å². The first-order valence-corrected chi connectivity index (χ1v) is 5.67. The van der Waals surface area contributed by atoms with Crippen LogP contribution in [0.25, 0.3) is 0 Å². The van der Waals surface area contributed by atoms with E-state index >= 15 is 0 Å². The molecule has 5 heteroatoms. The van der Waals surface area contributed by atoms with Gasteiger partial charge in [-0.25, -0.2) is 0 Å². The normalized spacial score (nSPS) is 9.44. The van der Waals surface area contributed by atoms with Gasteiger partial charge in [0.15, 0.2) is 11.5 Å². The van der Waals surface area contributed by atoms with Crippen molar-refractivity contribution < 1.29 is 14.2 Å². The third kappa shape index (κ3) is 3.45. The molecule has 18 heavy (non-hydrogen) atoms. The van der Waals surface area contributed by atoms with Gasteiger partial charge in [-0.05, 0) is 6.42 Å². The minimum atomic E-state index is 0.530. The molecule has 0 heterocycles. The number of nitriles is 1. The Morgan fingerprint density at radius 1 is 1.06 bits per heavy atom. The van der Waals surface area contributed by atoms with Crippen molar-refractivity contribution in [3.63, 3.8) is 0 Å². The summed E-state index contributed by atoms with van der Waals surface area (Å²) in [4.78, 5) is 0. The van der Waals surface area contributed by atoms with Gasteiger partial charge in [-0.3, -0.25) is 0 Å². The Hall–Kier alpha value is -2.09. The number of nitrogens with one attached hydrogen (secondary N) is 1. The van der Waals surface area contributed by atoms with Crippen LogP contribution < -0.4 is 19.5 Å². The second-order valence-electron chi connectivity index (χ2n) is 3.60. The molecule has 5 nitrogen and oxygen atoms in total. The van der Waals surface area contributed by atoms with Gasteiger partial charge < -0.3 is 19.5 Å². The van der Waals surface area contributed by atoms with Crippen molar-refractivity contribution in [2.45, 2.75) is 12.8 Å². The summed E-state index contributed by atoms with van der Waals surface area (Å²) < 4.78 is 15.7. The van der Waals surface area contributed by atoms with Gasteiger partial charge in [-0.15, -0.1) is 0 Å². The zero-order valence-electron chi connectivity index (χ0n) is 10.9. The Kier molecular flexibility index (Phi) is 5.65. The predicted molar refractivity (Wildman–Crippen MR) is 69.4 cm³/mol. The van der Waals surface area contributed by atoms with Gasteiger partial charge in [0.1, 0.15) is 5.75 Å². The molecule has 0 aliphatic carbocycles. The molecule has 0 radical (unpaired) electrons. The van der Waals surface area contributed by atoms with E-state index in [1.165, 1.54) is 0 Å². The summed E-state index contributed by atoms with van der Waals surface area (Å²) in [5.74, 6) is 1.95. The van der Waals surface area contributed by atoms with Gasteiger partial charge in [0.05, 0.1) is 33.1 Å². The van der Waals surface area contributed by atoms with Crippen molar-refractivity contribution in [2.24, 2.45) is 0 Å². The van der Waals surface area contributed by atoms with Gasteiger partial charge in [0.25, 0.3) is 0 Å². The van der Waals surface area contributed by atoms with E-state index in [0.717, 1.165) is 12.1 Å². The number of unbranched alkanes of at least 4 members (excludes halogenated alkanes) is 1. The van der Waals surface area contributed by atoms with Crippen LogP contribution in [0.1, 0.15) is 12.8 Å². The fourth-order valence-corrected chi connectivity index (χ4v) is 1.56. The molecule has 1 N–H and O–H groups in total. The quantitative estimate of drug-likeness (QED) is 0.753. The zero-order valence-corrected chi connectivity index (χ0v) is 10.9. The average Bonchev–Trinajstić information content (AvgIpc) is 2.42. The van der Waals surface area contributed by atoms with Gasteiger partial charge >= 0.3 is 0 Å². The van der Waals surface area contributed by atoms with Crippen molar-refractivity contribution >= 4 is 5.69 Å². The van der Waals surface area contributed by atoms with E-state index in [-0.39, 0.29) is 0 Å². The second kappa shape index (κ2) is 7.28. The molecule has 0 aliphatic heterocycles. The summed E-state index contributed by atoms with van der Waals surface area (Å²) >= 11 is 0. The summed E-state index contributed by atoms with van der Waals surface area (Å²) in [5, 5.41) is 11.7. The van der Waals surface area contributed by atoms with Crippen LogP contribution in [0.5, 0.6) is 17.2 Å². The third-order valence-corrected chi connectivity index (χ3v) is 2.49. The number of hydrogen-bond acceptors (Lipinski definition) is 5. The van der Waals surface area contributed by atoms with E-state index in [1.807, 2.05) is 6.07 Å². The highest BCUT2D eigenvalue weighted by atomic mass is 16.5. The van der Waals surface area contributed by atoms with Crippen LogP contribution in [0, 0.1) is 11.3 Å². The summed E-state index contributed by atoms with van der Waals surface area (Å²) in [6.45, 7) is 0.708. The molecule has 1 aromatic rings. The topological polar surface area (TPSA) is 63.5 Å². The van der Waals surface area contributed by atoms with Crippen LogP contribution in [0.3, 0.4) is 0 Å². The molecule has 1 rings (SSSR count). The summed E-state index contributed by atoms with van der Waals surface area (Å²) in [7, 11) is 4.77. The highest BCUT2D eigenvalue weighted by molar-refractivity contribution is 5.64. The molecule has 0 atom stereocenters. The van der Waals surface area contributed by atoms with Gasteiger partial charge in [0.2, 0.25) is 0 Å². The lowest BCUT2D eigenvalue weighted by Gasteiger charge is -2.15. The third-order valence-electron chi connectivity index (χ3n) is 2.49. The monoisotopic (exact) mass is 250 g/mol. The lowest BCUT2D eigenvalue weighted by Crippen LogP contribution is -2.04. The van der Waals surface area contributed by atoms with Crippen molar-refractivity contribution in [2.75, 3.05) is 33.2 Å². The zero-order chi connectivity index (χ0) is 13.4. The van der Waals surface area contributed by atoms with Crippen LogP contribution in [0.15, 0.2) is 12.1 Å². The molecule has 0 unspecified atom stereocenters. The highest BCUT2D eigenvalue weighted by Gasteiger charge is 2.11. The Morgan fingerprint density at radius 3 is 2.22 bits per heavy atom. The van der Waals surface area contributed by atoms with E-state index in [0.29, 0.717) is 30.2 Å². The lowest BCUT2D eigenvalue weighted by atomic mass is 10.2. The number of rotatable bonds is 7. The number of ether oxygens (including phenoxy) is 3. The maximum absolute atomic E-state index is 8.48. The largest absolute Gasteiger partial charge is 0.494 e. The molecule has 0 saturated heterocycles. The van der Waals surface area contributed by atoms with Crippen molar-refractivity contribution in [3.8, 4) is 23.3 Å². The van der Waals surface area contributed by atoms with E-state index in [1.54, 1.807) is 27.4 Å². The van der Waals surface area contributed by atoms with Crippen molar-refractivity contribution in [1.29, 1.82) is 5.26 Å². The fraction of sp³-hybridized carbons (Fsp3) is 0.462. The standard InChI is InChI=1S/C13H18N2O3/c1-16-11-9-13(18-3)12(17-2)8-10(11)15-7-5-4-6-14/h8-9,15H,4-5,7H2,1-3H3. The Balaban J connectivity index is 2.85. The smallest absolute Gasteiger partial charge is 0.164 e. The van der Waals surface area contributed by atoms with E-state index < -0.39 is 0 Å². The molecule has 0 spiro atoms. The fourth-order valence-electron chi connectivity index (χ4n) is 1.56. The molecule has 0 aliphatic rings. The first-order chi connectivity index (χ1) is 8.76. The van der Waals surface area contributed by atoms with E-state index in [9.17, 15) is 0 Å². The number of hydrogen-bond donors (Lipinski definition) is 1. The summed E-state index contributed by atoms with van der Waals surface area (Å²) in [6.07, 6.45) is 1.32. The Bertz CT molecular complexity index is 427. The highest BCUT2D eigenvalue weighted by Crippen LogP contribution is 2.37. The summed E-state index contributed by atoms with van der Waals surface area (Å²) in [5.41, 5.74) is 0.827. The molecular weight excluding hydrogens is 232 g/mol. The van der Waals surface area contributed by atoms with E-state index in [2.05, 4.69) is 11.4 Å². The van der Waals surface area contributed by atoms with Gasteiger partial charge in [-0.2, -0.15) is 5.26 Å². The maximum Gasteiger partial charge on any atom is 0.164 e. The first-order valence-electron chi connectivity index (χ1n) is 5.67. The summed E-state index contributed by atoms with van der Waals surface area (Å²) in [6, 6.07) is 5.70. The van der Waals surface area contributed by atoms with Gasteiger partial charge in [-0.1, -0.05) is 0 Å². The lowest BCUT2D eigenvalue weighted by molar-refractivity contribution is 0.349. The second-order valence-corrected chi connectivity index (χ2v) is 3.60. The molecular formula is C13H18N2O3. The Morgan fingerprint density at radius 2 is 1.67 bits per heavy atom. The minimum absolute atomic E-state index is 0.530. The van der Waals surface area contributed by atoms with E-state index in [4.69, 9.17) is 19.5 Å². The minimum Gasteiger partial charge on any atom is -0.494 e. The van der Waals surface area contributed by atoms with Crippen molar-refractivity contribution in [1.82, 2.24) is 0 Å². The average molecular weight is 250 g/mol. The molecule has 98 valence electrons. The molecule has 0 aromatic heterocycles. The number of methoxy groups -OCH3 is 3. The van der Waals surface area contributed by atoms with Crippen LogP contribution in [-0.4, -0.2) is 27.9 Å². The molecule has 1 aromatic carbocycles. The van der Waals surface area contributed by atoms with Crippen molar-refractivity contribution in [3.05, 3.63) is 12.1 Å². The Labute approximate surface area is 107 Å². The first kappa shape index (κ1) is 14.0. The molecule has 0 fully saturated rings. The molecule has 0 bridgehead atoms. The molecule has 0 amide bonds. The van der Waals surface area contributed by atoms with Crippen LogP contribution >= 0.6 is 0 Å². The van der Waals surface area contributed by atoms with Crippen LogP contribution in [-0.2, 0) is 0 Å². The number of anilines is 1. The van der Waals surface area contributed by atoms with Crippen LogP contribution in [0.2, 0.25) is 0 Å². The number of nitrogens with zero attached hydrogens (tertiary/aromatic N) is 1.